The molecular formula is C16H20Cl2N2. The molecule has 3 rings (SSSR count). The normalized spacial score (nSPS) is 21.7. The Morgan fingerprint density at radius 3 is 2.85 bits per heavy atom. The average Bonchev–Trinajstić information content (AvgIpc) is 2.91. The van der Waals surface area contributed by atoms with Crippen molar-refractivity contribution in [2.45, 2.75) is 45.6 Å². The second-order valence-corrected chi connectivity index (χ2v) is 7.29. The van der Waals surface area contributed by atoms with Crippen LogP contribution in [-0.4, -0.2) is 15.4 Å². The minimum absolute atomic E-state index is 0.404. The van der Waals surface area contributed by atoms with Gasteiger partial charge in [0.1, 0.15) is 5.82 Å². The van der Waals surface area contributed by atoms with Gasteiger partial charge in [0.15, 0.2) is 0 Å². The van der Waals surface area contributed by atoms with E-state index in [9.17, 15) is 0 Å². The first-order valence-corrected chi connectivity index (χ1v) is 8.14. The first kappa shape index (κ1) is 14.2. The molecule has 1 aromatic heterocycles. The van der Waals surface area contributed by atoms with Crippen molar-refractivity contribution in [2.75, 3.05) is 5.88 Å². The van der Waals surface area contributed by atoms with Gasteiger partial charge in [-0.05, 0) is 36.8 Å². The molecule has 1 unspecified atom stereocenters. The monoisotopic (exact) mass is 310 g/mol. The van der Waals surface area contributed by atoms with Crippen molar-refractivity contribution in [1.82, 2.24) is 9.55 Å². The molecule has 0 aliphatic heterocycles. The van der Waals surface area contributed by atoms with E-state index in [1.54, 1.807) is 0 Å². The van der Waals surface area contributed by atoms with Crippen molar-refractivity contribution >= 4 is 34.2 Å². The number of nitrogens with zero attached hydrogens (tertiary/aromatic N) is 2. The summed E-state index contributed by atoms with van der Waals surface area (Å²) in [6.45, 7) is 4.68. The molecule has 108 valence electrons. The number of aromatic nitrogens is 2. The molecule has 1 aliphatic carbocycles. The lowest BCUT2D eigenvalue weighted by Gasteiger charge is -2.20. The molecule has 1 aromatic carbocycles. The van der Waals surface area contributed by atoms with Gasteiger partial charge in [-0.2, -0.15) is 0 Å². The molecule has 0 bridgehead atoms. The van der Waals surface area contributed by atoms with Gasteiger partial charge in [-0.3, -0.25) is 0 Å². The lowest BCUT2D eigenvalue weighted by atomic mass is 9.92. The first-order chi connectivity index (χ1) is 9.52. The number of hydrogen-bond acceptors (Lipinski definition) is 1. The SMILES string of the molecule is CC1(C)CCC(n2c(CCCl)nc3cccc(Cl)c32)C1. The van der Waals surface area contributed by atoms with E-state index in [0.717, 1.165) is 28.3 Å². The van der Waals surface area contributed by atoms with Crippen molar-refractivity contribution < 1.29 is 0 Å². The van der Waals surface area contributed by atoms with Crippen LogP contribution >= 0.6 is 23.2 Å². The number of halogens is 2. The highest BCUT2D eigenvalue weighted by atomic mass is 35.5. The largest absolute Gasteiger partial charge is 0.324 e. The fourth-order valence-corrected chi connectivity index (χ4v) is 3.86. The van der Waals surface area contributed by atoms with Crippen LogP contribution in [0.1, 0.15) is 45.0 Å². The lowest BCUT2D eigenvalue weighted by Crippen LogP contribution is -2.12. The van der Waals surface area contributed by atoms with Gasteiger partial charge in [0, 0.05) is 18.3 Å². The van der Waals surface area contributed by atoms with Crippen molar-refractivity contribution in [2.24, 2.45) is 5.41 Å². The molecule has 0 amide bonds. The topological polar surface area (TPSA) is 17.8 Å². The molecule has 4 heteroatoms. The zero-order valence-corrected chi connectivity index (χ0v) is 13.5. The van der Waals surface area contributed by atoms with Gasteiger partial charge in [0.25, 0.3) is 0 Å². The molecule has 20 heavy (non-hydrogen) atoms. The summed E-state index contributed by atoms with van der Waals surface area (Å²) in [5, 5.41) is 0.792. The summed E-state index contributed by atoms with van der Waals surface area (Å²) in [5.41, 5.74) is 2.47. The lowest BCUT2D eigenvalue weighted by molar-refractivity contribution is 0.358. The maximum atomic E-state index is 6.43. The van der Waals surface area contributed by atoms with Gasteiger partial charge >= 0.3 is 0 Å². The number of hydrogen-bond donors (Lipinski definition) is 0. The fraction of sp³-hybridized carbons (Fsp3) is 0.562. The Morgan fingerprint density at radius 2 is 2.20 bits per heavy atom. The number of fused-ring (bicyclic) bond motifs is 1. The molecular weight excluding hydrogens is 291 g/mol. The van der Waals surface area contributed by atoms with Crippen LogP contribution in [0, 0.1) is 5.41 Å². The van der Waals surface area contributed by atoms with E-state index in [4.69, 9.17) is 28.2 Å². The Bertz CT molecular complexity index is 631. The third-order valence-corrected chi connectivity index (χ3v) is 4.85. The number of rotatable bonds is 3. The van der Waals surface area contributed by atoms with Crippen LogP contribution in [0.4, 0.5) is 0 Å². The van der Waals surface area contributed by atoms with E-state index >= 15 is 0 Å². The maximum Gasteiger partial charge on any atom is 0.111 e. The molecule has 2 aromatic rings. The highest BCUT2D eigenvalue weighted by Gasteiger charge is 2.34. The van der Waals surface area contributed by atoms with Crippen LogP contribution in [-0.2, 0) is 6.42 Å². The Kier molecular flexibility index (Phi) is 3.72. The molecule has 1 fully saturated rings. The van der Waals surface area contributed by atoms with Crippen molar-refractivity contribution in [3.63, 3.8) is 0 Å². The standard InChI is InChI=1S/C16H20Cl2N2/c1-16(2)8-6-11(10-16)20-14(7-9-17)19-13-5-3-4-12(18)15(13)20/h3-5,11H,6-10H2,1-2H3. The van der Waals surface area contributed by atoms with E-state index in [1.165, 1.54) is 19.3 Å². The van der Waals surface area contributed by atoms with E-state index in [0.29, 0.717) is 17.3 Å². The molecule has 0 N–H and O–H groups in total. The molecule has 1 atom stereocenters. The number of para-hydroxylation sites is 1. The second-order valence-electron chi connectivity index (χ2n) is 6.51. The number of imidazole rings is 1. The quantitative estimate of drug-likeness (QED) is 0.710. The third kappa shape index (κ3) is 2.44. The Hall–Kier alpha value is -0.730. The van der Waals surface area contributed by atoms with Gasteiger partial charge in [-0.1, -0.05) is 31.5 Å². The van der Waals surface area contributed by atoms with Crippen LogP contribution in [0.2, 0.25) is 5.02 Å². The minimum Gasteiger partial charge on any atom is -0.324 e. The number of aryl methyl sites for hydroxylation is 1. The summed E-state index contributed by atoms with van der Waals surface area (Å²) in [7, 11) is 0. The molecule has 0 spiro atoms. The second kappa shape index (κ2) is 5.23. The van der Waals surface area contributed by atoms with E-state index in [2.05, 4.69) is 18.4 Å². The van der Waals surface area contributed by atoms with Crippen LogP contribution in [0.15, 0.2) is 18.2 Å². The molecule has 1 saturated carbocycles. The van der Waals surface area contributed by atoms with Crippen molar-refractivity contribution in [3.05, 3.63) is 29.0 Å². The highest BCUT2D eigenvalue weighted by Crippen LogP contribution is 2.45. The van der Waals surface area contributed by atoms with E-state index in [-0.39, 0.29) is 0 Å². The van der Waals surface area contributed by atoms with E-state index in [1.807, 2.05) is 18.2 Å². The van der Waals surface area contributed by atoms with Crippen LogP contribution in [0.25, 0.3) is 11.0 Å². The number of alkyl halides is 1. The smallest absolute Gasteiger partial charge is 0.111 e. The predicted molar refractivity (Wildman–Crippen MR) is 85.8 cm³/mol. The van der Waals surface area contributed by atoms with Crippen molar-refractivity contribution in [3.8, 4) is 0 Å². The van der Waals surface area contributed by atoms with E-state index < -0.39 is 0 Å². The van der Waals surface area contributed by atoms with Gasteiger partial charge < -0.3 is 4.57 Å². The minimum atomic E-state index is 0.404. The van der Waals surface area contributed by atoms with Gasteiger partial charge in [0.05, 0.1) is 16.1 Å². The summed E-state index contributed by atoms with van der Waals surface area (Å²) in [6.07, 6.45) is 4.42. The molecule has 0 saturated heterocycles. The summed E-state index contributed by atoms with van der Waals surface area (Å²) in [4.78, 5) is 4.75. The Morgan fingerprint density at radius 1 is 1.40 bits per heavy atom. The Labute approximate surface area is 130 Å². The average molecular weight is 311 g/mol. The summed E-state index contributed by atoms with van der Waals surface area (Å²) in [6, 6.07) is 6.45. The van der Waals surface area contributed by atoms with Gasteiger partial charge in [-0.25, -0.2) is 4.98 Å². The Balaban J connectivity index is 2.14. The zero-order valence-electron chi connectivity index (χ0n) is 12.0. The molecule has 2 nitrogen and oxygen atoms in total. The van der Waals surface area contributed by atoms with Gasteiger partial charge in [0.2, 0.25) is 0 Å². The first-order valence-electron chi connectivity index (χ1n) is 7.23. The summed E-state index contributed by atoms with van der Waals surface area (Å²) in [5.74, 6) is 1.67. The number of benzene rings is 1. The summed E-state index contributed by atoms with van der Waals surface area (Å²) >= 11 is 12.4. The van der Waals surface area contributed by atoms with Crippen LogP contribution < -0.4 is 0 Å². The third-order valence-electron chi connectivity index (χ3n) is 4.36. The van der Waals surface area contributed by atoms with Crippen molar-refractivity contribution in [1.29, 1.82) is 0 Å². The molecule has 1 heterocycles. The summed E-state index contributed by atoms with van der Waals surface area (Å²) < 4.78 is 2.36. The molecule has 0 radical (unpaired) electrons. The van der Waals surface area contributed by atoms with Crippen LogP contribution in [0.3, 0.4) is 0 Å². The maximum absolute atomic E-state index is 6.43. The van der Waals surface area contributed by atoms with Crippen LogP contribution in [0.5, 0.6) is 0 Å². The fourth-order valence-electron chi connectivity index (χ4n) is 3.43. The molecule has 1 aliphatic rings. The highest BCUT2D eigenvalue weighted by molar-refractivity contribution is 6.35. The zero-order chi connectivity index (χ0) is 14.3. The predicted octanol–water partition coefficient (Wildman–Crippen LogP) is 5.22. The van der Waals surface area contributed by atoms with Gasteiger partial charge in [-0.15, -0.1) is 11.6 Å².